The topological polar surface area (TPSA) is 237 Å². The lowest BCUT2D eigenvalue weighted by molar-refractivity contribution is -0.161. The van der Waals surface area contributed by atoms with Gasteiger partial charge in [-0.05, 0) is 37.5 Å². The van der Waals surface area contributed by atoms with Crippen molar-refractivity contribution in [2.24, 2.45) is 11.8 Å². The van der Waals surface area contributed by atoms with Crippen molar-refractivity contribution in [1.29, 1.82) is 0 Å². The van der Waals surface area contributed by atoms with Gasteiger partial charge in [0, 0.05) is 25.7 Å². The van der Waals surface area contributed by atoms with E-state index in [9.17, 15) is 43.2 Å². The summed E-state index contributed by atoms with van der Waals surface area (Å²) in [6.07, 6.45) is 67.9. The maximum Gasteiger partial charge on any atom is 0.472 e. The predicted molar refractivity (Wildman–Crippen MR) is 428 cm³/mol. The first-order valence-corrected chi connectivity index (χ1v) is 47.0. The smallest absolute Gasteiger partial charge is 0.462 e. The summed E-state index contributed by atoms with van der Waals surface area (Å²) in [7, 11) is -9.93. The fourth-order valence-corrected chi connectivity index (χ4v) is 14.8. The molecule has 2 unspecified atom stereocenters. The number of esters is 4. The van der Waals surface area contributed by atoms with Gasteiger partial charge in [-0.2, -0.15) is 0 Å². The monoisotopic (exact) mass is 1520 g/mol. The van der Waals surface area contributed by atoms with Crippen molar-refractivity contribution < 1.29 is 80.2 Å². The minimum Gasteiger partial charge on any atom is -0.462 e. The number of carbonyl (C=O) groups is 4. The average Bonchev–Trinajstić information content (AvgIpc) is 0.915. The summed E-state index contributed by atoms with van der Waals surface area (Å²) in [4.78, 5) is 73.2. The lowest BCUT2D eigenvalue weighted by atomic mass is 10.0. The summed E-state index contributed by atoms with van der Waals surface area (Å²) in [5, 5.41) is 10.7. The van der Waals surface area contributed by atoms with Gasteiger partial charge in [-0.1, -0.05) is 401 Å². The van der Waals surface area contributed by atoms with E-state index in [1.165, 1.54) is 270 Å². The van der Waals surface area contributed by atoms with Gasteiger partial charge in [-0.3, -0.25) is 37.3 Å². The number of unbranched alkanes of at least 4 members (excludes halogenated alkanes) is 54. The number of phosphoric acid groups is 2. The Morgan fingerprint density at radius 2 is 0.442 bits per heavy atom. The van der Waals surface area contributed by atoms with Crippen LogP contribution in [0.25, 0.3) is 0 Å². The van der Waals surface area contributed by atoms with Crippen LogP contribution in [0.5, 0.6) is 0 Å². The van der Waals surface area contributed by atoms with Crippen LogP contribution in [-0.2, 0) is 65.4 Å². The summed E-state index contributed by atoms with van der Waals surface area (Å²) in [5.74, 6) is -0.489. The standard InChI is InChI=1S/C85H166O17P2/c1-7-9-11-13-15-17-19-21-26-32-39-45-51-57-63-69-84(89)101-80(73-95-82(87)67-61-55-49-43-37-20-18-16-14-12-10-8-2)75-99-103(91,92)97-71-79(86)72-98-104(93,94)100-76-81(74-96-83(88)68-62-56-50-44-38-34-29-31-36-42-48-54-60-66-78(5)6)102-85(90)70-64-58-52-46-40-33-28-25-23-22-24-27-30-35-41-47-53-59-65-77(3)4/h77-81,86H,7-76H2,1-6H3,(H,91,92)(H,93,94)/t79-,80+,81+/m0/s1. The highest BCUT2D eigenvalue weighted by Crippen LogP contribution is 2.45. The molecule has 0 aromatic heterocycles. The highest BCUT2D eigenvalue weighted by Gasteiger charge is 2.30. The average molecular weight is 1520 g/mol. The summed E-state index contributed by atoms with van der Waals surface area (Å²) < 4.78 is 68.9. The molecule has 0 aliphatic heterocycles. The van der Waals surface area contributed by atoms with Crippen LogP contribution < -0.4 is 0 Å². The molecule has 0 aromatic carbocycles. The van der Waals surface area contributed by atoms with Gasteiger partial charge in [0.25, 0.3) is 0 Å². The molecular weight excluding hydrogens is 1350 g/mol. The molecule has 0 aromatic rings. The summed E-state index contributed by atoms with van der Waals surface area (Å²) in [6.45, 7) is 9.73. The van der Waals surface area contributed by atoms with Crippen molar-refractivity contribution in [2.45, 2.75) is 471 Å². The predicted octanol–water partition coefficient (Wildman–Crippen LogP) is 25.8. The van der Waals surface area contributed by atoms with Crippen LogP contribution in [0.2, 0.25) is 0 Å². The molecule has 0 rings (SSSR count). The zero-order chi connectivity index (χ0) is 76.4. The SMILES string of the molecule is CCCCCCCCCCCCCCCCCC(=O)O[C@H](COC(=O)CCCCCCCCCCCCCC)COP(=O)(O)OC[C@H](O)COP(=O)(O)OC[C@@H](COC(=O)CCCCCCCCCCCCCCCC(C)C)OC(=O)CCCCCCCCCCCCCCCCCCCCC(C)C. The molecule has 17 nitrogen and oxygen atoms in total. The van der Waals surface area contributed by atoms with Crippen molar-refractivity contribution in [3.8, 4) is 0 Å². The number of hydrogen-bond donors (Lipinski definition) is 3. The molecule has 0 aliphatic rings. The first-order valence-electron chi connectivity index (χ1n) is 44.0. The number of ether oxygens (including phenoxy) is 4. The van der Waals surface area contributed by atoms with Gasteiger partial charge in [-0.15, -0.1) is 0 Å². The number of rotatable bonds is 84. The first-order chi connectivity index (χ1) is 50.4. The van der Waals surface area contributed by atoms with Crippen molar-refractivity contribution in [1.82, 2.24) is 0 Å². The summed E-state index contributed by atoms with van der Waals surface area (Å²) in [6, 6.07) is 0. The third-order valence-electron chi connectivity index (χ3n) is 20.0. The quantitative estimate of drug-likeness (QED) is 0.0222. The van der Waals surface area contributed by atoms with E-state index in [0.29, 0.717) is 25.7 Å². The Morgan fingerprint density at radius 1 is 0.260 bits per heavy atom. The van der Waals surface area contributed by atoms with Crippen LogP contribution in [0.1, 0.15) is 452 Å². The number of carbonyl (C=O) groups excluding carboxylic acids is 4. The Labute approximate surface area is 638 Å². The number of phosphoric ester groups is 2. The molecule has 0 fully saturated rings. The van der Waals surface area contributed by atoms with E-state index in [0.717, 1.165) is 102 Å². The fourth-order valence-electron chi connectivity index (χ4n) is 13.2. The normalized spacial score (nSPS) is 13.8. The maximum atomic E-state index is 13.1. The van der Waals surface area contributed by atoms with Gasteiger partial charge in [0.05, 0.1) is 26.4 Å². The second-order valence-corrected chi connectivity index (χ2v) is 34.4. The van der Waals surface area contributed by atoms with Crippen molar-refractivity contribution in [3.63, 3.8) is 0 Å². The van der Waals surface area contributed by atoms with E-state index < -0.39 is 97.5 Å². The largest absolute Gasteiger partial charge is 0.472 e. The van der Waals surface area contributed by atoms with Crippen molar-refractivity contribution >= 4 is 39.5 Å². The first kappa shape index (κ1) is 102. The van der Waals surface area contributed by atoms with E-state index >= 15 is 0 Å². The van der Waals surface area contributed by atoms with Gasteiger partial charge < -0.3 is 33.8 Å². The molecule has 0 bridgehead atoms. The van der Waals surface area contributed by atoms with E-state index in [-0.39, 0.29) is 25.7 Å². The molecule has 0 heterocycles. The Bertz CT molecular complexity index is 1990. The zero-order valence-electron chi connectivity index (χ0n) is 68.3. The molecule has 19 heteroatoms. The molecule has 5 atom stereocenters. The van der Waals surface area contributed by atoms with Crippen molar-refractivity contribution in [2.75, 3.05) is 39.6 Å². The third kappa shape index (κ3) is 78.2. The Kier molecular flexibility index (Phi) is 75.0. The second kappa shape index (κ2) is 76.4. The molecule has 104 heavy (non-hydrogen) atoms. The molecule has 0 spiro atoms. The van der Waals surface area contributed by atoms with Crippen LogP contribution in [0.4, 0.5) is 0 Å². The minimum absolute atomic E-state index is 0.109. The summed E-state index contributed by atoms with van der Waals surface area (Å²) in [5.41, 5.74) is 0. The van der Waals surface area contributed by atoms with Gasteiger partial charge in [-0.25, -0.2) is 9.13 Å². The van der Waals surface area contributed by atoms with Gasteiger partial charge >= 0.3 is 39.5 Å². The van der Waals surface area contributed by atoms with E-state index in [2.05, 4.69) is 41.5 Å². The third-order valence-corrected chi connectivity index (χ3v) is 21.9. The van der Waals surface area contributed by atoms with E-state index in [1.54, 1.807) is 0 Å². The molecular formula is C85H166O17P2. The van der Waals surface area contributed by atoms with Crippen LogP contribution in [-0.4, -0.2) is 96.7 Å². The van der Waals surface area contributed by atoms with Gasteiger partial charge in [0.15, 0.2) is 12.2 Å². The highest BCUT2D eigenvalue weighted by atomic mass is 31.2. The fraction of sp³-hybridized carbons (Fsp3) is 0.953. The Balaban J connectivity index is 5.24. The molecule has 0 saturated heterocycles. The van der Waals surface area contributed by atoms with Gasteiger partial charge in [0.2, 0.25) is 0 Å². The second-order valence-electron chi connectivity index (χ2n) is 31.5. The molecule has 0 amide bonds. The Morgan fingerprint density at radius 3 is 0.654 bits per heavy atom. The van der Waals surface area contributed by atoms with Crippen LogP contribution in [0, 0.1) is 11.8 Å². The van der Waals surface area contributed by atoms with Gasteiger partial charge in [0.1, 0.15) is 19.3 Å². The molecule has 0 saturated carbocycles. The van der Waals surface area contributed by atoms with Crippen LogP contribution in [0.15, 0.2) is 0 Å². The highest BCUT2D eigenvalue weighted by molar-refractivity contribution is 7.47. The zero-order valence-corrected chi connectivity index (χ0v) is 70.1. The number of aliphatic hydroxyl groups excluding tert-OH is 1. The lowest BCUT2D eigenvalue weighted by Gasteiger charge is -2.21. The minimum atomic E-state index is -4.97. The maximum absolute atomic E-state index is 13.1. The molecule has 0 radical (unpaired) electrons. The van der Waals surface area contributed by atoms with Crippen LogP contribution >= 0.6 is 15.6 Å². The number of hydrogen-bond acceptors (Lipinski definition) is 15. The lowest BCUT2D eigenvalue weighted by Crippen LogP contribution is -2.30. The van der Waals surface area contributed by atoms with E-state index in [1.807, 2.05) is 0 Å². The van der Waals surface area contributed by atoms with E-state index in [4.69, 9.17) is 37.0 Å². The number of aliphatic hydroxyl groups is 1. The Hall–Kier alpha value is -1.94. The summed E-state index contributed by atoms with van der Waals surface area (Å²) >= 11 is 0. The van der Waals surface area contributed by atoms with Crippen molar-refractivity contribution in [3.05, 3.63) is 0 Å². The molecule has 618 valence electrons. The molecule has 0 aliphatic carbocycles. The van der Waals surface area contributed by atoms with Crippen LogP contribution in [0.3, 0.4) is 0 Å². The molecule has 3 N–H and O–H groups in total.